The van der Waals surface area contributed by atoms with Gasteiger partial charge in [0, 0.05) is 6.61 Å². The molecule has 1 aromatic rings. The molecule has 4 nitrogen and oxygen atoms in total. The Morgan fingerprint density at radius 1 is 1.33 bits per heavy atom. The Balaban J connectivity index is 2.17. The van der Waals surface area contributed by atoms with Gasteiger partial charge in [-0.3, -0.25) is 0 Å². The lowest BCUT2D eigenvalue weighted by Crippen LogP contribution is -2.37. The van der Waals surface area contributed by atoms with Crippen molar-refractivity contribution in [3.63, 3.8) is 0 Å². The standard InChI is InChI=1S/C15H21F3O4SSi/c1-24(2)22-10-12-9-14(6-7-21-12)23(19,20)13-5-3-4-11(8-13)15(16,17)18/h3-5,8,12,14,24H,6-7,9-10H2,1-2H3. The first kappa shape index (κ1) is 19.4. The third kappa shape index (κ3) is 4.81. The van der Waals surface area contributed by atoms with Crippen LogP contribution in [0.4, 0.5) is 13.2 Å². The van der Waals surface area contributed by atoms with E-state index in [-0.39, 0.29) is 30.4 Å². The maximum atomic E-state index is 12.8. The molecule has 0 radical (unpaired) electrons. The van der Waals surface area contributed by atoms with Crippen LogP contribution < -0.4 is 0 Å². The Kier molecular flexibility index (Phi) is 6.11. The lowest BCUT2D eigenvalue weighted by molar-refractivity contribution is -0.137. The molecule has 24 heavy (non-hydrogen) atoms. The van der Waals surface area contributed by atoms with Crippen molar-refractivity contribution in [2.24, 2.45) is 0 Å². The van der Waals surface area contributed by atoms with Crippen LogP contribution >= 0.6 is 0 Å². The van der Waals surface area contributed by atoms with Crippen molar-refractivity contribution in [3.05, 3.63) is 29.8 Å². The minimum absolute atomic E-state index is 0.236. The van der Waals surface area contributed by atoms with Gasteiger partial charge in [-0.05, 0) is 44.1 Å². The van der Waals surface area contributed by atoms with Gasteiger partial charge in [0.25, 0.3) is 0 Å². The van der Waals surface area contributed by atoms with E-state index in [0.29, 0.717) is 12.7 Å². The van der Waals surface area contributed by atoms with Gasteiger partial charge in [0.15, 0.2) is 18.9 Å². The Morgan fingerprint density at radius 2 is 2.04 bits per heavy atom. The summed E-state index contributed by atoms with van der Waals surface area (Å²) in [5.74, 6) is 0. The van der Waals surface area contributed by atoms with Crippen molar-refractivity contribution in [3.8, 4) is 0 Å². The summed E-state index contributed by atoms with van der Waals surface area (Å²) in [4.78, 5) is -0.290. The van der Waals surface area contributed by atoms with Crippen LogP contribution in [-0.4, -0.2) is 42.0 Å². The van der Waals surface area contributed by atoms with Crippen LogP contribution in [0.5, 0.6) is 0 Å². The van der Waals surface area contributed by atoms with Crippen LogP contribution in [0.2, 0.25) is 13.1 Å². The van der Waals surface area contributed by atoms with Crippen molar-refractivity contribution in [2.45, 2.75) is 48.4 Å². The minimum atomic E-state index is -4.57. The summed E-state index contributed by atoms with van der Waals surface area (Å²) in [5.41, 5.74) is -0.957. The number of rotatable bonds is 5. The highest BCUT2D eigenvalue weighted by molar-refractivity contribution is 7.92. The molecule has 0 bridgehead atoms. The van der Waals surface area contributed by atoms with Crippen LogP contribution in [-0.2, 0) is 25.2 Å². The van der Waals surface area contributed by atoms with Gasteiger partial charge in [0.1, 0.15) is 0 Å². The molecule has 0 spiro atoms. The van der Waals surface area contributed by atoms with Crippen LogP contribution in [0, 0.1) is 0 Å². The average molecular weight is 382 g/mol. The monoisotopic (exact) mass is 382 g/mol. The molecular formula is C15H21F3O4SSi. The van der Waals surface area contributed by atoms with Crippen LogP contribution in [0.15, 0.2) is 29.2 Å². The number of sulfone groups is 1. The smallest absolute Gasteiger partial charge is 0.416 e. The van der Waals surface area contributed by atoms with E-state index < -0.39 is 35.9 Å². The summed E-state index contributed by atoms with van der Waals surface area (Å²) in [5, 5.41) is -0.753. The van der Waals surface area contributed by atoms with E-state index in [1.807, 2.05) is 13.1 Å². The molecule has 1 aliphatic heterocycles. The Hall–Kier alpha value is -0.903. The fraction of sp³-hybridized carbons (Fsp3) is 0.600. The zero-order chi connectivity index (χ0) is 18.0. The van der Waals surface area contributed by atoms with Gasteiger partial charge < -0.3 is 9.16 Å². The zero-order valence-electron chi connectivity index (χ0n) is 13.5. The molecule has 1 aromatic carbocycles. The van der Waals surface area contributed by atoms with Gasteiger partial charge in [0.2, 0.25) is 0 Å². The third-order valence-corrected chi connectivity index (χ3v) is 6.94. The molecule has 2 atom stereocenters. The number of alkyl halides is 3. The zero-order valence-corrected chi connectivity index (χ0v) is 15.5. The van der Waals surface area contributed by atoms with Gasteiger partial charge in [0.05, 0.1) is 28.4 Å². The average Bonchev–Trinajstić information content (AvgIpc) is 2.52. The first-order chi connectivity index (χ1) is 11.1. The van der Waals surface area contributed by atoms with Gasteiger partial charge >= 0.3 is 6.18 Å². The van der Waals surface area contributed by atoms with Crippen molar-refractivity contribution in [1.29, 1.82) is 0 Å². The molecule has 1 heterocycles. The topological polar surface area (TPSA) is 52.6 Å². The Morgan fingerprint density at radius 3 is 2.67 bits per heavy atom. The van der Waals surface area contributed by atoms with E-state index in [1.54, 1.807) is 0 Å². The van der Waals surface area contributed by atoms with Crippen LogP contribution in [0.25, 0.3) is 0 Å². The molecule has 0 amide bonds. The number of ether oxygens (including phenoxy) is 1. The molecular weight excluding hydrogens is 361 g/mol. The normalized spacial score (nSPS) is 22.8. The quantitative estimate of drug-likeness (QED) is 0.735. The first-order valence-corrected chi connectivity index (χ1v) is 12.1. The van der Waals surface area contributed by atoms with E-state index in [1.165, 1.54) is 6.07 Å². The van der Waals surface area contributed by atoms with E-state index in [2.05, 4.69) is 0 Å². The molecule has 0 aliphatic carbocycles. The van der Waals surface area contributed by atoms with Gasteiger partial charge in [-0.2, -0.15) is 13.2 Å². The maximum absolute atomic E-state index is 12.8. The molecule has 136 valence electrons. The highest BCUT2D eigenvalue weighted by atomic mass is 32.2. The molecule has 2 rings (SSSR count). The highest BCUT2D eigenvalue weighted by Crippen LogP contribution is 2.33. The maximum Gasteiger partial charge on any atom is 0.416 e. The lowest BCUT2D eigenvalue weighted by atomic mass is 10.1. The van der Waals surface area contributed by atoms with Crippen molar-refractivity contribution >= 4 is 18.9 Å². The van der Waals surface area contributed by atoms with E-state index >= 15 is 0 Å². The predicted octanol–water partition coefficient (Wildman–Crippen LogP) is 3.03. The molecule has 1 fully saturated rings. The summed E-state index contributed by atoms with van der Waals surface area (Å²) in [6.07, 6.45) is -4.40. The largest absolute Gasteiger partial charge is 0.418 e. The van der Waals surface area contributed by atoms with E-state index in [0.717, 1.165) is 12.1 Å². The summed E-state index contributed by atoms with van der Waals surface area (Å²) in [6, 6.07) is 3.91. The Labute approximate surface area is 141 Å². The summed E-state index contributed by atoms with van der Waals surface area (Å²) >= 11 is 0. The predicted molar refractivity (Wildman–Crippen MR) is 86.2 cm³/mol. The van der Waals surface area contributed by atoms with Gasteiger partial charge in [-0.15, -0.1) is 0 Å². The van der Waals surface area contributed by atoms with Gasteiger partial charge in [-0.1, -0.05) is 6.07 Å². The molecule has 1 saturated heterocycles. The number of hydrogen-bond donors (Lipinski definition) is 0. The van der Waals surface area contributed by atoms with Crippen molar-refractivity contribution in [1.82, 2.24) is 0 Å². The van der Waals surface area contributed by atoms with E-state index in [9.17, 15) is 21.6 Å². The van der Waals surface area contributed by atoms with Crippen LogP contribution in [0.1, 0.15) is 18.4 Å². The summed E-state index contributed by atoms with van der Waals surface area (Å²) in [7, 11) is -5.08. The van der Waals surface area contributed by atoms with Crippen molar-refractivity contribution < 1.29 is 30.8 Å². The van der Waals surface area contributed by atoms with Gasteiger partial charge in [-0.25, -0.2) is 8.42 Å². The first-order valence-electron chi connectivity index (χ1n) is 7.75. The van der Waals surface area contributed by atoms with Crippen molar-refractivity contribution in [2.75, 3.05) is 13.2 Å². The third-order valence-electron chi connectivity index (χ3n) is 3.86. The molecule has 1 aliphatic rings. The second kappa shape index (κ2) is 7.55. The molecule has 0 saturated carbocycles. The minimum Gasteiger partial charge on any atom is -0.418 e. The molecule has 2 unspecified atom stereocenters. The molecule has 0 N–H and O–H groups in total. The molecule has 0 aromatic heterocycles. The second-order valence-corrected chi connectivity index (χ2v) is 10.8. The summed E-state index contributed by atoms with van der Waals surface area (Å²) < 4.78 is 74.9. The second-order valence-electron chi connectivity index (χ2n) is 6.09. The SMILES string of the molecule is C[SiH](C)OCC1CC(S(=O)(=O)c2cccc(C(F)(F)F)c2)CCO1. The Bertz CT molecular complexity index is 661. The lowest BCUT2D eigenvalue weighted by Gasteiger charge is -2.30. The van der Waals surface area contributed by atoms with Crippen LogP contribution in [0.3, 0.4) is 0 Å². The molecule has 9 heteroatoms. The number of benzene rings is 1. The number of hydrogen-bond acceptors (Lipinski definition) is 4. The highest BCUT2D eigenvalue weighted by Gasteiger charge is 2.36. The fourth-order valence-electron chi connectivity index (χ4n) is 2.58. The fourth-order valence-corrected chi connectivity index (χ4v) is 5.00. The van der Waals surface area contributed by atoms with E-state index in [4.69, 9.17) is 9.16 Å². The summed E-state index contributed by atoms with van der Waals surface area (Å²) in [6.45, 7) is 4.59. The number of halogens is 3.